The second kappa shape index (κ2) is 6.92. The Morgan fingerprint density at radius 3 is 2.33 bits per heavy atom. The first-order chi connectivity index (χ1) is 13.0. The maximum absolute atomic E-state index is 13.0. The van der Waals surface area contributed by atoms with Gasteiger partial charge >= 0.3 is 0 Å². The molecule has 0 unspecified atom stereocenters. The lowest BCUT2D eigenvalue weighted by atomic mass is 10.0. The molecular weight excluding hydrogens is 366 g/mol. The average molecular weight is 387 g/mol. The molecule has 2 fully saturated rings. The van der Waals surface area contributed by atoms with Crippen LogP contribution in [0.1, 0.15) is 25.7 Å². The number of benzene rings is 1. The van der Waals surface area contributed by atoms with Crippen LogP contribution in [0.15, 0.2) is 58.4 Å². The molecule has 3 heterocycles. The number of hydrogen-bond donors (Lipinski definition) is 0. The van der Waals surface area contributed by atoms with Crippen LogP contribution in [-0.2, 0) is 21.2 Å². The maximum atomic E-state index is 13.0. The first-order valence-electron chi connectivity index (χ1n) is 9.09. The molecule has 0 aliphatic carbocycles. The monoisotopic (exact) mass is 387 g/mol. The molecule has 0 radical (unpaired) electrons. The van der Waals surface area contributed by atoms with E-state index in [2.05, 4.69) is 5.10 Å². The minimum absolute atomic E-state index is 0.0980. The highest BCUT2D eigenvalue weighted by molar-refractivity contribution is 7.92. The summed E-state index contributed by atoms with van der Waals surface area (Å²) in [4.78, 5) is 26.7. The summed E-state index contributed by atoms with van der Waals surface area (Å²) in [6.07, 6.45) is 3.96. The van der Waals surface area contributed by atoms with E-state index in [0.717, 1.165) is 17.5 Å². The van der Waals surface area contributed by atoms with Gasteiger partial charge < -0.3 is 4.90 Å². The molecule has 1 aromatic carbocycles. The number of fused-ring (bicyclic) bond motifs is 2. The molecule has 2 aliphatic rings. The van der Waals surface area contributed by atoms with Crippen molar-refractivity contribution in [2.45, 2.75) is 54.5 Å². The lowest BCUT2D eigenvalue weighted by Gasteiger charge is -2.38. The summed E-state index contributed by atoms with van der Waals surface area (Å²) in [5, 5.41) is 3.47. The van der Waals surface area contributed by atoms with Crippen LogP contribution >= 0.6 is 0 Å². The fourth-order valence-corrected chi connectivity index (χ4v) is 6.18. The molecule has 2 saturated heterocycles. The van der Waals surface area contributed by atoms with Crippen molar-refractivity contribution < 1.29 is 13.2 Å². The van der Waals surface area contributed by atoms with Crippen LogP contribution in [0.2, 0.25) is 0 Å². The quantitative estimate of drug-likeness (QED) is 0.787. The fourth-order valence-electron chi connectivity index (χ4n) is 4.31. The third-order valence-electron chi connectivity index (χ3n) is 5.56. The van der Waals surface area contributed by atoms with Gasteiger partial charge in [0.15, 0.2) is 9.84 Å². The molecule has 7 nitrogen and oxygen atoms in total. The highest BCUT2D eigenvalue weighted by Crippen LogP contribution is 2.39. The molecular formula is C19H21N3O4S. The maximum Gasteiger partial charge on any atom is 0.267 e. The normalized spacial score (nSPS) is 24.7. The number of nitrogens with zero attached hydrogens (tertiary/aromatic N) is 3. The highest BCUT2D eigenvalue weighted by atomic mass is 32.2. The summed E-state index contributed by atoms with van der Waals surface area (Å²) in [5.41, 5.74) is -0.320. The molecule has 0 N–H and O–H groups in total. The van der Waals surface area contributed by atoms with Gasteiger partial charge in [-0.3, -0.25) is 9.59 Å². The fraction of sp³-hybridized carbons (Fsp3) is 0.421. The predicted octanol–water partition coefficient (Wildman–Crippen LogP) is 1.24. The molecule has 1 aromatic heterocycles. The Balaban J connectivity index is 1.52. The smallest absolute Gasteiger partial charge is 0.267 e. The van der Waals surface area contributed by atoms with Crippen molar-refractivity contribution in [3.8, 4) is 0 Å². The zero-order chi connectivity index (χ0) is 19.0. The van der Waals surface area contributed by atoms with Crippen LogP contribution in [-0.4, -0.2) is 46.3 Å². The number of sulfone groups is 1. The van der Waals surface area contributed by atoms with Crippen LogP contribution in [0, 0.1) is 0 Å². The number of carbonyl (C=O) groups is 1. The SMILES string of the molecule is O=C(Cn1ncccc1=O)N1[C@@H]2CC[C@@H]1CC(S(=O)(=O)c1ccccc1)C2. The molecule has 2 bridgehead atoms. The van der Waals surface area contributed by atoms with Crippen LogP contribution in [0.5, 0.6) is 0 Å². The van der Waals surface area contributed by atoms with E-state index in [1.165, 1.54) is 18.3 Å². The first kappa shape index (κ1) is 17.9. The topological polar surface area (TPSA) is 89.3 Å². The van der Waals surface area contributed by atoms with Crippen LogP contribution in [0.25, 0.3) is 0 Å². The van der Waals surface area contributed by atoms with Crippen molar-refractivity contribution >= 4 is 15.7 Å². The van der Waals surface area contributed by atoms with Crippen molar-refractivity contribution in [1.29, 1.82) is 0 Å². The molecule has 1 amide bonds. The molecule has 27 heavy (non-hydrogen) atoms. The molecule has 0 spiro atoms. The van der Waals surface area contributed by atoms with E-state index in [-0.39, 0.29) is 30.1 Å². The van der Waals surface area contributed by atoms with Gasteiger partial charge in [0.25, 0.3) is 5.56 Å². The number of rotatable bonds is 4. The van der Waals surface area contributed by atoms with E-state index in [4.69, 9.17) is 0 Å². The van der Waals surface area contributed by atoms with E-state index in [9.17, 15) is 18.0 Å². The molecule has 8 heteroatoms. The van der Waals surface area contributed by atoms with Crippen molar-refractivity contribution in [3.63, 3.8) is 0 Å². The van der Waals surface area contributed by atoms with Gasteiger partial charge in [-0.2, -0.15) is 5.10 Å². The minimum Gasteiger partial charge on any atom is -0.335 e. The van der Waals surface area contributed by atoms with Crippen LogP contribution in [0.3, 0.4) is 0 Å². The van der Waals surface area contributed by atoms with Gasteiger partial charge in [0.05, 0.1) is 10.1 Å². The Hall–Kier alpha value is -2.48. The van der Waals surface area contributed by atoms with E-state index >= 15 is 0 Å². The zero-order valence-corrected chi connectivity index (χ0v) is 15.6. The summed E-state index contributed by atoms with van der Waals surface area (Å²) in [6.45, 7) is -0.108. The third-order valence-corrected chi connectivity index (χ3v) is 7.75. The lowest BCUT2D eigenvalue weighted by Crippen LogP contribution is -2.51. The molecule has 0 saturated carbocycles. The molecule has 2 atom stereocenters. The van der Waals surface area contributed by atoms with Crippen molar-refractivity contribution in [2.24, 2.45) is 0 Å². The standard InChI is InChI=1S/C19H21N3O4S/c23-18-7-4-10-20-21(18)13-19(24)22-14-8-9-15(22)12-17(11-14)27(25,26)16-5-2-1-3-6-16/h1-7,10,14-15,17H,8-9,11-13H2/t14-,15-/m1/s1. The molecule has 4 rings (SSSR count). The van der Waals surface area contributed by atoms with Gasteiger partial charge in [0.1, 0.15) is 6.54 Å². The largest absolute Gasteiger partial charge is 0.335 e. The Morgan fingerprint density at radius 2 is 1.70 bits per heavy atom. The van der Waals surface area contributed by atoms with E-state index < -0.39 is 15.1 Å². The summed E-state index contributed by atoms with van der Waals surface area (Å²) >= 11 is 0. The van der Waals surface area contributed by atoms with Crippen molar-refractivity contribution in [1.82, 2.24) is 14.7 Å². The molecule has 142 valence electrons. The Morgan fingerprint density at radius 1 is 1.04 bits per heavy atom. The minimum atomic E-state index is -3.41. The number of amides is 1. The summed E-state index contributed by atoms with van der Waals surface area (Å²) in [6, 6.07) is 11.2. The highest BCUT2D eigenvalue weighted by Gasteiger charge is 2.47. The second-order valence-electron chi connectivity index (χ2n) is 7.16. The lowest BCUT2D eigenvalue weighted by molar-refractivity contribution is -0.136. The molecule has 2 aliphatic heterocycles. The number of aromatic nitrogens is 2. The number of hydrogen-bond acceptors (Lipinski definition) is 5. The van der Waals surface area contributed by atoms with E-state index in [1.807, 2.05) is 0 Å². The number of piperidine rings is 1. The average Bonchev–Trinajstić information content (AvgIpc) is 2.94. The van der Waals surface area contributed by atoms with Gasteiger partial charge in [-0.05, 0) is 43.9 Å². The van der Waals surface area contributed by atoms with Gasteiger partial charge in [0, 0.05) is 24.3 Å². The van der Waals surface area contributed by atoms with Gasteiger partial charge in [0.2, 0.25) is 5.91 Å². The zero-order valence-electron chi connectivity index (χ0n) is 14.8. The number of carbonyl (C=O) groups excluding carboxylic acids is 1. The van der Waals surface area contributed by atoms with Gasteiger partial charge in [-0.25, -0.2) is 13.1 Å². The van der Waals surface area contributed by atoms with Crippen molar-refractivity contribution in [2.75, 3.05) is 0 Å². The van der Waals surface area contributed by atoms with Gasteiger partial charge in [-0.1, -0.05) is 18.2 Å². The summed E-state index contributed by atoms with van der Waals surface area (Å²) < 4.78 is 27.1. The van der Waals surface area contributed by atoms with E-state index in [1.54, 1.807) is 35.2 Å². The summed E-state index contributed by atoms with van der Waals surface area (Å²) in [5.74, 6) is -0.168. The second-order valence-corrected chi connectivity index (χ2v) is 9.39. The third kappa shape index (κ3) is 3.29. The Bertz CT molecular complexity index is 989. The first-order valence-corrected chi connectivity index (χ1v) is 10.6. The summed E-state index contributed by atoms with van der Waals surface area (Å²) in [7, 11) is -3.41. The van der Waals surface area contributed by atoms with E-state index in [0.29, 0.717) is 17.7 Å². The predicted molar refractivity (Wildman–Crippen MR) is 98.8 cm³/mol. The molecule has 2 aromatic rings. The Kier molecular flexibility index (Phi) is 4.59. The van der Waals surface area contributed by atoms with Crippen LogP contribution < -0.4 is 5.56 Å². The Labute approximate surface area is 157 Å². The van der Waals surface area contributed by atoms with Gasteiger partial charge in [-0.15, -0.1) is 0 Å². The van der Waals surface area contributed by atoms with Crippen molar-refractivity contribution in [3.05, 3.63) is 59.0 Å². The van der Waals surface area contributed by atoms with Crippen LogP contribution in [0.4, 0.5) is 0 Å².